The highest BCUT2D eigenvalue weighted by Crippen LogP contribution is 2.27. The van der Waals surface area contributed by atoms with Crippen molar-refractivity contribution >= 4 is 43.5 Å². The first kappa shape index (κ1) is 13.3. The van der Waals surface area contributed by atoms with E-state index in [1.54, 1.807) is 13.3 Å². The molecule has 0 bridgehead atoms. The number of rotatable bonds is 3. The highest BCUT2D eigenvalue weighted by atomic mass is 79.9. The topological polar surface area (TPSA) is 47.0 Å². The van der Waals surface area contributed by atoms with Gasteiger partial charge in [-0.3, -0.25) is 0 Å². The van der Waals surface area contributed by atoms with Gasteiger partial charge in [0.2, 0.25) is 11.8 Å². The molecule has 0 aliphatic rings. The van der Waals surface area contributed by atoms with Gasteiger partial charge in [-0.25, -0.2) is 4.98 Å². The monoisotopic (exact) mass is 371 g/mol. The average molecular weight is 373 g/mol. The third-order valence-electron chi connectivity index (χ3n) is 2.42. The van der Waals surface area contributed by atoms with E-state index in [1.807, 2.05) is 25.1 Å². The molecule has 2 rings (SSSR count). The predicted octanol–water partition coefficient (Wildman–Crippen LogP) is 4.06. The number of aromatic nitrogens is 2. The van der Waals surface area contributed by atoms with E-state index in [9.17, 15) is 0 Å². The van der Waals surface area contributed by atoms with E-state index in [-0.39, 0.29) is 0 Å². The molecule has 0 fully saturated rings. The van der Waals surface area contributed by atoms with E-state index in [1.165, 1.54) is 0 Å². The fourth-order valence-electron chi connectivity index (χ4n) is 1.42. The number of anilines is 2. The smallest absolute Gasteiger partial charge is 0.232 e. The van der Waals surface area contributed by atoms with Gasteiger partial charge in [0.25, 0.3) is 0 Å². The first-order valence-corrected chi connectivity index (χ1v) is 6.79. The summed E-state index contributed by atoms with van der Waals surface area (Å²) in [5.74, 6) is 0.997. The third kappa shape index (κ3) is 2.81. The summed E-state index contributed by atoms with van der Waals surface area (Å²) in [6, 6.07) is 5.91. The minimum Gasteiger partial charge on any atom is -0.480 e. The number of halogens is 2. The second-order valence-electron chi connectivity index (χ2n) is 3.59. The van der Waals surface area contributed by atoms with Gasteiger partial charge < -0.3 is 10.1 Å². The average Bonchev–Trinajstić information content (AvgIpc) is 2.37. The van der Waals surface area contributed by atoms with Crippen LogP contribution in [0.15, 0.2) is 33.3 Å². The molecular formula is C12H11Br2N3O. The van der Waals surface area contributed by atoms with Crippen molar-refractivity contribution in [3.05, 3.63) is 38.9 Å². The van der Waals surface area contributed by atoms with Crippen molar-refractivity contribution < 1.29 is 4.74 Å². The van der Waals surface area contributed by atoms with Crippen LogP contribution >= 0.6 is 31.9 Å². The number of nitrogens with zero attached hydrogens (tertiary/aromatic N) is 2. The van der Waals surface area contributed by atoms with Crippen LogP contribution in [0.1, 0.15) is 5.56 Å². The van der Waals surface area contributed by atoms with Gasteiger partial charge in [0.1, 0.15) is 0 Å². The van der Waals surface area contributed by atoms with Crippen molar-refractivity contribution in [3.63, 3.8) is 0 Å². The Morgan fingerprint density at radius 3 is 2.72 bits per heavy atom. The van der Waals surface area contributed by atoms with Crippen LogP contribution in [0.4, 0.5) is 11.6 Å². The summed E-state index contributed by atoms with van der Waals surface area (Å²) < 4.78 is 6.89. The van der Waals surface area contributed by atoms with E-state index in [0.29, 0.717) is 11.8 Å². The first-order valence-electron chi connectivity index (χ1n) is 5.20. The molecule has 94 valence electrons. The molecular weight excluding hydrogens is 362 g/mol. The Balaban J connectivity index is 2.31. The van der Waals surface area contributed by atoms with Crippen LogP contribution < -0.4 is 10.1 Å². The lowest BCUT2D eigenvalue weighted by atomic mass is 10.2. The molecule has 0 saturated heterocycles. The molecule has 0 spiro atoms. The standard InChI is InChI=1S/C12H11Br2N3O/c1-7-8(13)4-3-5-10(7)16-12-15-6-9(14)11(17-12)18-2/h3-6H,1-2H3,(H,15,16,17). The number of nitrogens with one attached hydrogen (secondary N) is 1. The Labute approximate surface area is 122 Å². The molecule has 0 aliphatic carbocycles. The summed E-state index contributed by atoms with van der Waals surface area (Å²) in [4.78, 5) is 8.44. The SMILES string of the molecule is COc1nc(Nc2cccc(Br)c2C)ncc1Br. The number of methoxy groups -OCH3 is 1. The van der Waals surface area contributed by atoms with E-state index in [4.69, 9.17) is 4.74 Å². The van der Waals surface area contributed by atoms with Gasteiger partial charge in [-0.2, -0.15) is 4.98 Å². The summed E-state index contributed by atoms with van der Waals surface area (Å²) in [6.45, 7) is 2.02. The maximum atomic E-state index is 5.13. The van der Waals surface area contributed by atoms with Crippen molar-refractivity contribution in [2.75, 3.05) is 12.4 Å². The predicted molar refractivity (Wildman–Crippen MR) is 78.4 cm³/mol. The molecule has 0 amide bonds. The zero-order valence-corrected chi connectivity index (χ0v) is 13.0. The van der Waals surface area contributed by atoms with Crippen LogP contribution in [-0.2, 0) is 0 Å². The van der Waals surface area contributed by atoms with Crippen molar-refractivity contribution in [1.82, 2.24) is 9.97 Å². The molecule has 4 nitrogen and oxygen atoms in total. The summed E-state index contributed by atoms with van der Waals surface area (Å²) in [5.41, 5.74) is 2.05. The molecule has 0 saturated carbocycles. The van der Waals surface area contributed by atoms with Crippen LogP contribution in [0.25, 0.3) is 0 Å². The maximum Gasteiger partial charge on any atom is 0.232 e. The third-order valence-corrected chi connectivity index (χ3v) is 3.82. The molecule has 18 heavy (non-hydrogen) atoms. The minimum absolute atomic E-state index is 0.497. The van der Waals surface area contributed by atoms with E-state index < -0.39 is 0 Å². The Bertz CT molecular complexity index is 575. The summed E-state index contributed by atoms with van der Waals surface area (Å²) >= 11 is 6.80. The lowest BCUT2D eigenvalue weighted by Crippen LogP contribution is -2.00. The van der Waals surface area contributed by atoms with E-state index in [0.717, 1.165) is 20.2 Å². The van der Waals surface area contributed by atoms with Crippen LogP contribution in [0.3, 0.4) is 0 Å². The Morgan fingerprint density at radius 1 is 1.22 bits per heavy atom. The molecule has 1 aromatic heterocycles. The quantitative estimate of drug-likeness (QED) is 0.882. The van der Waals surface area contributed by atoms with Crippen LogP contribution in [0, 0.1) is 6.92 Å². The minimum atomic E-state index is 0.497. The second-order valence-corrected chi connectivity index (χ2v) is 5.30. The zero-order chi connectivity index (χ0) is 13.1. The summed E-state index contributed by atoms with van der Waals surface area (Å²) in [5, 5.41) is 3.16. The molecule has 0 radical (unpaired) electrons. The van der Waals surface area contributed by atoms with E-state index in [2.05, 4.69) is 47.1 Å². The number of benzene rings is 1. The molecule has 1 heterocycles. The van der Waals surface area contributed by atoms with Gasteiger partial charge in [0.05, 0.1) is 17.8 Å². The van der Waals surface area contributed by atoms with Crippen LogP contribution in [-0.4, -0.2) is 17.1 Å². The second kappa shape index (κ2) is 5.67. The van der Waals surface area contributed by atoms with Gasteiger partial charge in [-0.1, -0.05) is 22.0 Å². The zero-order valence-electron chi connectivity index (χ0n) is 9.87. The van der Waals surface area contributed by atoms with Crippen molar-refractivity contribution in [1.29, 1.82) is 0 Å². The Kier molecular flexibility index (Phi) is 4.19. The van der Waals surface area contributed by atoms with Gasteiger partial charge in [-0.15, -0.1) is 0 Å². The maximum absolute atomic E-state index is 5.13. The highest BCUT2D eigenvalue weighted by molar-refractivity contribution is 9.10. The van der Waals surface area contributed by atoms with Crippen molar-refractivity contribution in [3.8, 4) is 5.88 Å². The van der Waals surface area contributed by atoms with Gasteiger partial charge in [-0.05, 0) is 40.5 Å². The molecule has 1 N–H and O–H groups in total. The number of hydrogen-bond donors (Lipinski definition) is 1. The lowest BCUT2D eigenvalue weighted by Gasteiger charge is -2.10. The fourth-order valence-corrected chi connectivity index (χ4v) is 2.14. The molecule has 0 atom stereocenters. The van der Waals surface area contributed by atoms with Crippen molar-refractivity contribution in [2.45, 2.75) is 6.92 Å². The van der Waals surface area contributed by atoms with E-state index >= 15 is 0 Å². The van der Waals surface area contributed by atoms with Crippen molar-refractivity contribution in [2.24, 2.45) is 0 Å². The molecule has 2 aromatic rings. The van der Waals surface area contributed by atoms with Crippen LogP contribution in [0.5, 0.6) is 5.88 Å². The lowest BCUT2D eigenvalue weighted by molar-refractivity contribution is 0.394. The number of ether oxygens (including phenoxy) is 1. The van der Waals surface area contributed by atoms with Gasteiger partial charge in [0, 0.05) is 10.2 Å². The summed E-state index contributed by atoms with van der Waals surface area (Å²) in [7, 11) is 1.57. The molecule has 0 aliphatic heterocycles. The molecule has 0 unspecified atom stereocenters. The first-order chi connectivity index (χ1) is 8.61. The highest BCUT2D eigenvalue weighted by Gasteiger charge is 2.07. The molecule has 6 heteroatoms. The normalized spacial score (nSPS) is 10.2. The Morgan fingerprint density at radius 2 is 2.00 bits per heavy atom. The van der Waals surface area contributed by atoms with Gasteiger partial charge in [0.15, 0.2) is 0 Å². The Hall–Kier alpha value is -1.14. The number of hydrogen-bond acceptors (Lipinski definition) is 4. The summed E-state index contributed by atoms with van der Waals surface area (Å²) in [6.07, 6.45) is 1.65. The van der Waals surface area contributed by atoms with Crippen LogP contribution in [0.2, 0.25) is 0 Å². The fraction of sp³-hybridized carbons (Fsp3) is 0.167. The largest absolute Gasteiger partial charge is 0.480 e. The molecule has 1 aromatic carbocycles. The van der Waals surface area contributed by atoms with Gasteiger partial charge >= 0.3 is 0 Å².